The summed E-state index contributed by atoms with van der Waals surface area (Å²) < 4.78 is 63.5. The SMILES string of the molecule is O=C(c1cccnc1SC(F)F)N1CCCN(c2ccc(C(F)(F)F)cn2)CC1. The Labute approximate surface area is 167 Å². The van der Waals surface area contributed by atoms with Crippen LogP contribution in [-0.2, 0) is 6.18 Å². The van der Waals surface area contributed by atoms with Crippen molar-refractivity contribution in [2.45, 2.75) is 23.4 Å². The van der Waals surface area contributed by atoms with Crippen LogP contribution in [0.4, 0.5) is 27.8 Å². The first-order valence-corrected chi connectivity index (χ1v) is 9.61. The van der Waals surface area contributed by atoms with Crippen molar-refractivity contribution < 1.29 is 26.7 Å². The van der Waals surface area contributed by atoms with Gasteiger partial charge in [-0.2, -0.15) is 22.0 Å². The third kappa shape index (κ3) is 5.34. The van der Waals surface area contributed by atoms with Crippen molar-refractivity contribution in [3.8, 4) is 0 Å². The second-order valence-electron chi connectivity index (χ2n) is 6.27. The molecule has 0 unspecified atom stereocenters. The molecule has 0 aromatic carbocycles. The Bertz CT molecular complexity index is 847. The van der Waals surface area contributed by atoms with E-state index in [0.717, 1.165) is 12.3 Å². The third-order valence-corrected chi connectivity index (χ3v) is 5.11. The Hall–Kier alpha value is -2.43. The van der Waals surface area contributed by atoms with E-state index in [-0.39, 0.29) is 28.9 Å². The molecule has 0 saturated carbocycles. The van der Waals surface area contributed by atoms with Crippen LogP contribution in [-0.4, -0.2) is 52.7 Å². The summed E-state index contributed by atoms with van der Waals surface area (Å²) in [5.41, 5.74) is -0.715. The summed E-state index contributed by atoms with van der Waals surface area (Å²) in [5, 5.41) is -0.0296. The van der Waals surface area contributed by atoms with E-state index in [9.17, 15) is 26.7 Å². The molecule has 1 amide bonds. The van der Waals surface area contributed by atoms with E-state index in [0.29, 0.717) is 31.9 Å². The lowest BCUT2D eigenvalue weighted by molar-refractivity contribution is -0.137. The minimum atomic E-state index is -4.45. The van der Waals surface area contributed by atoms with Gasteiger partial charge in [0, 0.05) is 38.6 Å². The number of halogens is 5. The predicted octanol–water partition coefficient (Wildman–Crippen LogP) is 4.16. The molecule has 0 atom stereocenters. The van der Waals surface area contributed by atoms with Gasteiger partial charge >= 0.3 is 6.18 Å². The minimum absolute atomic E-state index is 0.0296. The van der Waals surface area contributed by atoms with Crippen molar-refractivity contribution >= 4 is 23.5 Å². The van der Waals surface area contributed by atoms with Gasteiger partial charge in [-0.05, 0) is 42.4 Å². The molecule has 0 bridgehead atoms. The fraction of sp³-hybridized carbons (Fsp3) is 0.389. The van der Waals surface area contributed by atoms with Crippen LogP contribution in [0.15, 0.2) is 41.7 Å². The van der Waals surface area contributed by atoms with Crippen molar-refractivity contribution in [1.82, 2.24) is 14.9 Å². The van der Waals surface area contributed by atoms with Gasteiger partial charge in [0.25, 0.3) is 11.7 Å². The number of rotatable bonds is 4. The first-order chi connectivity index (χ1) is 13.8. The number of thioether (sulfide) groups is 1. The standard InChI is InChI=1S/C18H17F5N4OS/c19-17(20)29-15-13(3-1-6-24-15)16(28)27-8-2-7-26(9-10-27)14-5-4-12(11-25-14)18(21,22)23/h1,3-6,11,17H,2,7-10H2. The summed E-state index contributed by atoms with van der Waals surface area (Å²) >= 11 is 0.219. The van der Waals surface area contributed by atoms with E-state index in [1.54, 1.807) is 4.90 Å². The summed E-state index contributed by atoms with van der Waals surface area (Å²) in [6.45, 7) is 1.55. The van der Waals surface area contributed by atoms with Crippen molar-refractivity contribution in [3.05, 3.63) is 47.8 Å². The van der Waals surface area contributed by atoms with Crippen molar-refractivity contribution in [2.75, 3.05) is 31.1 Å². The van der Waals surface area contributed by atoms with Crippen LogP contribution in [0.1, 0.15) is 22.3 Å². The van der Waals surface area contributed by atoms with Crippen molar-refractivity contribution in [2.24, 2.45) is 0 Å². The minimum Gasteiger partial charge on any atom is -0.355 e. The highest BCUT2D eigenvalue weighted by molar-refractivity contribution is 7.99. The Morgan fingerprint density at radius 1 is 1.07 bits per heavy atom. The average Bonchev–Trinajstić information content (AvgIpc) is 2.93. The van der Waals surface area contributed by atoms with E-state index in [1.165, 1.54) is 29.3 Å². The molecule has 156 valence electrons. The number of amides is 1. The lowest BCUT2D eigenvalue weighted by Crippen LogP contribution is -2.35. The van der Waals surface area contributed by atoms with Crippen LogP contribution in [0.3, 0.4) is 0 Å². The molecule has 5 nitrogen and oxygen atoms in total. The number of hydrogen-bond acceptors (Lipinski definition) is 5. The van der Waals surface area contributed by atoms with Crippen LogP contribution >= 0.6 is 11.8 Å². The predicted molar refractivity (Wildman–Crippen MR) is 98.1 cm³/mol. The molecule has 3 heterocycles. The summed E-state index contributed by atoms with van der Waals surface area (Å²) in [5.74, 6) is -2.70. The number of nitrogens with zero attached hydrogens (tertiary/aromatic N) is 4. The van der Waals surface area contributed by atoms with Gasteiger partial charge < -0.3 is 9.80 Å². The lowest BCUT2D eigenvalue weighted by Gasteiger charge is -2.23. The number of carbonyl (C=O) groups excluding carboxylic acids is 1. The largest absolute Gasteiger partial charge is 0.417 e. The molecule has 3 rings (SSSR count). The van der Waals surface area contributed by atoms with E-state index < -0.39 is 23.4 Å². The summed E-state index contributed by atoms with van der Waals surface area (Å²) in [6.07, 6.45) is -1.76. The molecule has 0 aliphatic carbocycles. The maximum absolute atomic E-state index is 12.8. The summed E-state index contributed by atoms with van der Waals surface area (Å²) in [7, 11) is 0. The Balaban J connectivity index is 1.69. The highest BCUT2D eigenvalue weighted by atomic mass is 32.2. The monoisotopic (exact) mass is 432 g/mol. The van der Waals surface area contributed by atoms with Crippen molar-refractivity contribution in [1.29, 1.82) is 0 Å². The van der Waals surface area contributed by atoms with Gasteiger partial charge in [0.15, 0.2) is 0 Å². The quantitative estimate of drug-likeness (QED) is 0.536. The van der Waals surface area contributed by atoms with E-state index in [2.05, 4.69) is 9.97 Å². The number of alkyl halides is 5. The average molecular weight is 432 g/mol. The number of hydrogen-bond donors (Lipinski definition) is 0. The van der Waals surface area contributed by atoms with Gasteiger partial charge in [-0.25, -0.2) is 9.97 Å². The van der Waals surface area contributed by atoms with E-state index in [1.807, 2.05) is 0 Å². The summed E-state index contributed by atoms with van der Waals surface area (Å²) in [6, 6.07) is 5.25. The van der Waals surface area contributed by atoms with E-state index in [4.69, 9.17) is 0 Å². The van der Waals surface area contributed by atoms with Gasteiger partial charge in [-0.1, -0.05) is 0 Å². The molecule has 1 saturated heterocycles. The summed E-state index contributed by atoms with van der Waals surface area (Å²) in [4.78, 5) is 23.9. The molecule has 1 fully saturated rings. The topological polar surface area (TPSA) is 49.3 Å². The number of pyridine rings is 2. The molecule has 11 heteroatoms. The smallest absolute Gasteiger partial charge is 0.355 e. The first kappa shape index (κ1) is 21.3. The fourth-order valence-corrected chi connectivity index (χ4v) is 3.57. The van der Waals surface area contributed by atoms with E-state index >= 15 is 0 Å². The van der Waals surface area contributed by atoms with Gasteiger partial charge in [0.2, 0.25) is 0 Å². The number of anilines is 1. The molecule has 1 aliphatic rings. The Kier molecular flexibility index (Phi) is 6.56. The van der Waals surface area contributed by atoms with Crippen LogP contribution in [0, 0.1) is 0 Å². The molecule has 0 radical (unpaired) electrons. The van der Waals surface area contributed by atoms with Crippen LogP contribution in [0.25, 0.3) is 0 Å². The molecule has 0 N–H and O–H groups in total. The second-order valence-corrected chi connectivity index (χ2v) is 7.25. The molecule has 0 spiro atoms. The molecule has 2 aromatic rings. The first-order valence-electron chi connectivity index (χ1n) is 8.73. The molecule has 29 heavy (non-hydrogen) atoms. The highest BCUT2D eigenvalue weighted by Gasteiger charge is 2.31. The molecule has 2 aromatic heterocycles. The lowest BCUT2D eigenvalue weighted by atomic mass is 10.2. The molecular formula is C18H17F5N4OS. The second kappa shape index (κ2) is 8.93. The zero-order valence-electron chi connectivity index (χ0n) is 15.1. The Morgan fingerprint density at radius 2 is 1.86 bits per heavy atom. The van der Waals surface area contributed by atoms with Gasteiger partial charge in [-0.15, -0.1) is 0 Å². The number of carbonyl (C=O) groups is 1. The number of aromatic nitrogens is 2. The highest BCUT2D eigenvalue weighted by Crippen LogP contribution is 2.30. The zero-order chi connectivity index (χ0) is 21.0. The van der Waals surface area contributed by atoms with Crippen molar-refractivity contribution in [3.63, 3.8) is 0 Å². The third-order valence-electron chi connectivity index (χ3n) is 4.38. The normalized spacial score (nSPS) is 15.5. The molecular weight excluding hydrogens is 415 g/mol. The van der Waals surface area contributed by atoms with Crippen LogP contribution < -0.4 is 4.90 Å². The fourth-order valence-electron chi connectivity index (χ4n) is 2.99. The zero-order valence-corrected chi connectivity index (χ0v) is 15.9. The van der Waals surface area contributed by atoms with Gasteiger partial charge in [-0.3, -0.25) is 4.79 Å². The molecule has 1 aliphatic heterocycles. The maximum atomic E-state index is 12.8. The van der Waals surface area contributed by atoms with Crippen LogP contribution in [0.5, 0.6) is 0 Å². The Morgan fingerprint density at radius 3 is 2.52 bits per heavy atom. The van der Waals surface area contributed by atoms with Gasteiger partial charge in [0.1, 0.15) is 10.8 Å². The van der Waals surface area contributed by atoms with Gasteiger partial charge in [0.05, 0.1) is 11.1 Å². The van der Waals surface area contributed by atoms with Crippen LogP contribution in [0.2, 0.25) is 0 Å². The maximum Gasteiger partial charge on any atom is 0.417 e.